The number of nitrogens with one attached hydrogen (secondary N) is 1. The van der Waals surface area contributed by atoms with Gasteiger partial charge in [0.2, 0.25) is 0 Å². The number of terminal acetylenes is 1. The standard InChI is InChI=1S/C12H14BrN3/c1-2-3-4-7-14-11-8-10(13)15-12(16-11)9-5-6-9/h1,8-9H,3-7H2,(H,14,15,16). The van der Waals surface area contributed by atoms with Gasteiger partial charge in [-0.15, -0.1) is 12.3 Å². The van der Waals surface area contributed by atoms with E-state index in [9.17, 15) is 0 Å². The number of rotatable bonds is 5. The third-order valence-corrected chi connectivity index (χ3v) is 2.86. The zero-order valence-corrected chi connectivity index (χ0v) is 10.6. The first-order valence-corrected chi connectivity index (χ1v) is 6.30. The van der Waals surface area contributed by atoms with Crippen molar-refractivity contribution < 1.29 is 0 Å². The van der Waals surface area contributed by atoms with Crippen molar-refractivity contribution in [2.45, 2.75) is 31.6 Å². The molecule has 0 spiro atoms. The molecule has 1 aliphatic carbocycles. The van der Waals surface area contributed by atoms with E-state index in [4.69, 9.17) is 6.42 Å². The maximum absolute atomic E-state index is 5.19. The van der Waals surface area contributed by atoms with E-state index in [-0.39, 0.29) is 0 Å². The van der Waals surface area contributed by atoms with E-state index in [1.54, 1.807) is 0 Å². The van der Waals surface area contributed by atoms with Gasteiger partial charge in [0.1, 0.15) is 16.2 Å². The first-order valence-electron chi connectivity index (χ1n) is 5.51. The third-order valence-electron chi connectivity index (χ3n) is 2.46. The number of hydrogen-bond donors (Lipinski definition) is 1. The monoisotopic (exact) mass is 279 g/mol. The predicted molar refractivity (Wildman–Crippen MR) is 68.3 cm³/mol. The Morgan fingerprint density at radius 3 is 3.00 bits per heavy atom. The normalized spacial score (nSPS) is 14.5. The fourth-order valence-electron chi connectivity index (χ4n) is 1.46. The largest absolute Gasteiger partial charge is 0.370 e. The van der Waals surface area contributed by atoms with Crippen LogP contribution in [-0.2, 0) is 0 Å². The molecule has 1 aliphatic rings. The smallest absolute Gasteiger partial charge is 0.135 e. The number of halogens is 1. The van der Waals surface area contributed by atoms with E-state index in [1.807, 2.05) is 6.07 Å². The molecule has 0 saturated heterocycles. The van der Waals surface area contributed by atoms with Gasteiger partial charge in [-0.1, -0.05) is 0 Å². The van der Waals surface area contributed by atoms with E-state index >= 15 is 0 Å². The van der Waals surface area contributed by atoms with Gasteiger partial charge in [-0.3, -0.25) is 0 Å². The molecule has 1 aromatic heterocycles. The molecular formula is C12H14BrN3. The molecule has 3 nitrogen and oxygen atoms in total. The first-order chi connectivity index (χ1) is 7.79. The third kappa shape index (κ3) is 3.21. The number of nitrogens with zero attached hydrogens (tertiary/aromatic N) is 2. The number of unbranched alkanes of at least 4 members (excludes halogenated alkanes) is 1. The average Bonchev–Trinajstić information content (AvgIpc) is 3.07. The van der Waals surface area contributed by atoms with E-state index in [0.717, 1.165) is 35.6 Å². The Kier molecular flexibility index (Phi) is 3.79. The van der Waals surface area contributed by atoms with Crippen LogP contribution in [-0.4, -0.2) is 16.5 Å². The van der Waals surface area contributed by atoms with Crippen molar-refractivity contribution in [3.8, 4) is 12.3 Å². The fourth-order valence-corrected chi connectivity index (χ4v) is 1.86. The lowest BCUT2D eigenvalue weighted by Crippen LogP contribution is -2.05. The minimum Gasteiger partial charge on any atom is -0.370 e. The van der Waals surface area contributed by atoms with E-state index in [2.05, 4.69) is 37.1 Å². The molecule has 16 heavy (non-hydrogen) atoms. The molecule has 84 valence electrons. The summed E-state index contributed by atoms with van der Waals surface area (Å²) >= 11 is 3.41. The molecule has 0 unspecified atom stereocenters. The molecule has 1 fully saturated rings. The van der Waals surface area contributed by atoms with Crippen molar-refractivity contribution in [1.82, 2.24) is 9.97 Å². The van der Waals surface area contributed by atoms with Crippen LogP contribution < -0.4 is 5.32 Å². The van der Waals surface area contributed by atoms with Crippen molar-refractivity contribution in [3.05, 3.63) is 16.5 Å². The van der Waals surface area contributed by atoms with Gasteiger partial charge in [0.05, 0.1) is 0 Å². The van der Waals surface area contributed by atoms with Crippen molar-refractivity contribution in [3.63, 3.8) is 0 Å². The average molecular weight is 280 g/mol. The summed E-state index contributed by atoms with van der Waals surface area (Å²) in [5, 5.41) is 3.27. The zero-order chi connectivity index (χ0) is 11.4. The lowest BCUT2D eigenvalue weighted by molar-refractivity contribution is 0.877. The van der Waals surface area contributed by atoms with Gasteiger partial charge in [0.15, 0.2) is 0 Å². The number of anilines is 1. The highest BCUT2D eigenvalue weighted by atomic mass is 79.9. The maximum atomic E-state index is 5.19. The molecule has 1 saturated carbocycles. The lowest BCUT2D eigenvalue weighted by Gasteiger charge is -2.06. The first kappa shape index (κ1) is 11.4. The van der Waals surface area contributed by atoms with Crippen LogP contribution >= 0.6 is 15.9 Å². The Hall–Kier alpha value is -1.08. The van der Waals surface area contributed by atoms with Crippen LogP contribution in [0.1, 0.15) is 37.4 Å². The van der Waals surface area contributed by atoms with Gasteiger partial charge < -0.3 is 5.32 Å². The molecule has 0 atom stereocenters. The van der Waals surface area contributed by atoms with Crippen LogP contribution in [0.4, 0.5) is 5.82 Å². The van der Waals surface area contributed by atoms with Crippen LogP contribution in [0.2, 0.25) is 0 Å². The van der Waals surface area contributed by atoms with Gasteiger partial charge in [0, 0.05) is 24.9 Å². The molecule has 4 heteroatoms. The highest BCUT2D eigenvalue weighted by Gasteiger charge is 2.27. The number of hydrogen-bond acceptors (Lipinski definition) is 3. The van der Waals surface area contributed by atoms with Crippen LogP contribution in [0.5, 0.6) is 0 Å². The summed E-state index contributed by atoms with van der Waals surface area (Å²) in [6, 6.07) is 1.90. The van der Waals surface area contributed by atoms with Gasteiger partial charge >= 0.3 is 0 Å². The highest BCUT2D eigenvalue weighted by molar-refractivity contribution is 9.10. The summed E-state index contributed by atoms with van der Waals surface area (Å²) < 4.78 is 0.851. The van der Waals surface area contributed by atoms with Crippen molar-refractivity contribution in [1.29, 1.82) is 0 Å². The molecule has 1 N–H and O–H groups in total. The Morgan fingerprint density at radius 2 is 2.31 bits per heavy atom. The van der Waals surface area contributed by atoms with Crippen LogP contribution in [0.3, 0.4) is 0 Å². The Labute approximate surface area is 104 Å². The summed E-state index contributed by atoms with van der Waals surface area (Å²) in [4.78, 5) is 8.86. The predicted octanol–water partition coefficient (Wildman–Crippen LogP) is 2.94. The maximum Gasteiger partial charge on any atom is 0.135 e. The summed E-state index contributed by atoms with van der Waals surface area (Å²) in [6.07, 6.45) is 9.39. The second kappa shape index (κ2) is 5.31. The summed E-state index contributed by atoms with van der Waals surface area (Å²) in [5.41, 5.74) is 0. The van der Waals surface area contributed by atoms with Gasteiger partial charge in [-0.05, 0) is 35.2 Å². The summed E-state index contributed by atoms with van der Waals surface area (Å²) in [5.74, 6) is 5.04. The number of aromatic nitrogens is 2. The van der Waals surface area contributed by atoms with Crippen LogP contribution in [0.15, 0.2) is 10.7 Å². The summed E-state index contributed by atoms with van der Waals surface area (Å²) in [7, 11) is 0. The Bertz CT molecular complexity index is 407. The van der Waals surface area contributed by atoms with E-state index in [1.165, 1.54) is 12.8 Å². The molecule has 0 bridgehead atoms. The van der Waals surface area contributed by atoms with E-state index < -0.39 is 0 Å². The highest BCUT2D eigenvalue weighted by Crippen LogP contribution is 2.38. The van der Waals surface area contributed by atoms with Gasteiger partial charge in [-0.2, -0.15) is 0 Å². The summed E-state index contributed by atoms with van der Waals surface area (Å²) in [6.45, 7) is 0.859. The lowest BCUT2D eigenvalue weighted by atomic mass is 10.3. The van der Waals surface area contributed by atoms with Crippen molar-refractivity contribution >= 4 is 21.7 Å². The molecular weight excluding hydrogens is 266 g/mol. The topological polar surface area (TPSA) is 37.8 Å². The van der Waals surface area contributed by atoms with E-state index in [0.29, 0.717) is 5.92 Å². The molecule has 1 aromatic rings. The molecule has 2 rings (SSSR count). The molecule has 1 heterocycles. The minimum absolute atomic E-state index is 0.573. The second-order valence-corrected chi connectivity index (χ2v) is 4.76. The minimum atomic E-state index is 0.573. The van der Waals surface area contributed by atoms with Crippen LogP contribution in [0.25, 0.3) is 0 Å². The quantitative estimate of drug-likeness (QED) is 0.512. The molecule has 0 aromatic carbocycles. The van der Waals surface area contributed by atoms with Gasteiger partial charge in [-0.25, -0.2) is 9.97 Å². The molecule has 0 amide bonds. The van der Waals surface area contributed by atoms with Crippen LogP contribution in [0, 0.1) is 12.3 Å². The van der Waals surface area contributed by atoms with Crippen molar-refractivity contribution in [2.75, 3.05) is 11.9 Å². The van der Waals surface area contributed by atoms with Gasteiger partial charge in [0.25, 0.3) is 0 Å². The SMILES string of the molecule is C#CCCCNc1cc(Br)nc(C2CC2)n1. The molecule has 0 aliphatic heterocycles. The molecule has 0 radical (unpaired) electrons. The zero-order valence-electron chi connectivity index (χ0n) is 9.04. The second-order valence-electron chi connectivity index (χ2n) is 3.94. The Balaban J connectivity index is 1.95. The fraction of sp³-hybridized carbons (Fsp3) is 0.500. The van der Waals surface area contributed by atoms with Crippen molar-refractivity contribution in [2.24, 2.45) is 0 Å². The Morgan fingerprint density at radius 1 is 1.50 bits per heavy atom.